The largest absolute Gasteiger partial charge is 0.444 e. The Morgan fingerprint density at radius 3 is 2.61 bits per heavy atom. The van der Waals surface area contributed by atoms with Crippen molar-refractivity contribution in [2.45, 2.75) is 32.2 Å². The monoisotopic (exact) mass is 497 g/mol. The van der Waals surface area contributed by atoms with Gasteiger partial charge in [-0.2, -0.15) is 0 Å². The summed E-state index contributed by atoms with van der Waals surface area (Å²) in [6.07, 6.45) is 5.75. The molecule has 0 unspecified atom stereocenters. The molecule has 8 heteroatoms. The summed E-state index contributed by atoms with van der Waals surface area (Å²) in [4.78, 5) is 20.4. The van der Waals surface area contributed by atoms with Gasteiger partial charge in [-0.05, 0) is 31.4 Å². The van der Waals surface area contributed by atoms with Crippen molar-refractivity contribution >= 4 is 35.8 Å². The zero-order valence-corrected chi connectivity index (χ0v) is 18.4. The second-order valence-electron chi connectivity index (χ2n) is 6.63. The van der Waals surface area contributed by atoms with Crippen LogP contribution in [0.2, 0.25) is 0 Å². The Morgan fingerprint density at radius 2 is 1.93 bits per heavy atom. The standard InChI is InChI=1S/C20H27N5O2.HI/c1-21-20(23-12-6-11-22-18(26)15-9-5-10-15)24-13-17-14-27-19(25-17)16-7-3-2-4-8-16;/h2-4,7-8,14-15H,5-6,9-13H2,1H3,(H,22,26)(H2,21,23,24);1H. The Hall–Kier alpha value is -2.10. The minimum Gasteiger partial charge on any atom is -0.444 e. The Balaban J connectivity index is 0.00000280. The summed E-state index contributed by atoms with van der Waals surface area (Å²) in [7, 11) is 1.73. The minimum absolute atomic E-state index is 0. The third kappa shape index (κ3) is 6.50. The van der Waals surface area contributed by atoms with E-state index < -0.39 is 0 Å². The van der Waals surface area contributed by atoms with E-state index in [2.05, 4.69) is 25.9 Å². The minimum atomic E-state index is 0. The predicted molar refractivity (Wildman–Crippen MR) is 121 cm³/mol. The molecule has 152 valence electrons. The first-order chi connectivity index (χ1) is 13.3. The molecule has 1 saturated carbocycles. The second-order valence-corrected chi connectivity index (χ2v) is 6.63. The summed E-state index contributed by atoms with van der Waals surface area (Å²) in [5, 5.41) is 9.44. The van der Waals surface area contributed by atoms with Crippen LogP contribution >= 0.6 is 24.0 Å². The molecule has 0 radical (unpaired) electrons. The fraction of sp³-hybridized carbons (Fsp3) is 0.450. The van der Waals surface area contributed by atoms with E-state index in [4.69, 9.17) is 4.42 Å². The predicted octanol–water partition coefficient (Wildman–Crippen LogP) is 2.93. The third-order valence-electron chi connectivity index (χ3n) is 4.65. The fourth-order valence-electron chi connectivity index (χ4n) is 2.82. The summed E-state index contributed by atoms with van der Waals surface area (Å²) in [6.45, 7) is 1.94. The SMILES string of the molecule is CN=C(NCCCNC(=O)C1CCC1)NCc1coc(-c2ccccc2)n1.I. The van der Waals surface area contributed by atoms with Crippen molar-refractivity contribution in [1.82, 2.24) is 20.9 Å². The van der Waals surface area contributed by atoms with Crippen molar-refractivity contribution in [3.63, 3.8) is 0 Å². The molecule has 1 fully saturated rings. The number of hydrogen-bond acceptors (Lipinski definition) is 4. The van der Waals surface area contributed by atoms with Gasteiger partial charge in [-0.25, -0.2) is 4.98 Å². The molecule has 1 aromatic carbocycles. The van der Waals surface area contributed by atoms with Crippen molar-refractivity contribution in [3.8, 4) is 11.5 Å². The molecule has 28 heavy (non-hydrogen) atoms. The van der Waals surface area contributed by atoms with E-state index in [1.807, 2.05) is 30.3 Å². The second kappa shape index (κ2) is 11.7. The highest BCUT2D eigenvalue weighted by atomic mass is 127. The van der Waals surface area contributed by atoms with E-state index >= 15 is 0 Å². The summed E-state index contributed by atoms with van der Waals surface area (Å²) < 4.78 is 5.53. The smallest absolute Gasteiger partial charge is 0.226 e. The molecule has 0 bridgehead atoms. The molecule has 1 aliphatic rings. The van der Waals surface area contributed by atoms with Gasteiger partial charge in [-0.1, -0.05) is 24.6 Å². The van der Waals surface area contributed by atoms with Gasteiger partial charge in [0.25, 0.3) is 0 Å². The summed E-state index contributed by atoms with van der Waals surface area (Å²) in [5.41, 5.74) is 1.76. The van der Waals surface area contributed by atoms with Crippen molar-refractivity contribution < 1.29 is 9.21 Å². The van der Waals surface area contributed by atoms with Gasteiger partial charge < -0.3 is 20.4 Å². The highest BCUT2D eigenvalue weighted by molar-refractivity contribution is 14.0. The number of amides is 1. The molecular weight excluding hydrogens is 469 g/mol. The van der Waals surface area contributed by atoms with Gasteiger partial charge in [-0.3, -0.25) is 9.79 Å². The average Bonchev–Trinajstić information content (AvgIpc) is 3.12. The highest BCUT2D eigenvalue weighted by Gasteiger charge is 2.24. The van der Waals surface area contributed by atoms with Gasteiger partial charge in [-0.15, -0.1) is 24.0 Å². The first kappa shape index (κ1) is 22.2. The van der Waals surface area contributed by atoms with E-state index in [-0.39, 0.29) is 35.8 Å². The van der Waals surface area contributed by atoms with Gasteiger partial charge in [0, 0.05) is 31.6 Å². The number of nitrogens with one attached hydrogen (secondary N) is 3. The van der Waals surface area contributed by atoms with Gasteiger partial charge in [0.05, 0.1) is 12.2 Å². The normalized spacial score (nSPS) is 14.0. The van der Waals surface area contributed by atoms with Crippen LogP contribution < -0.4 is 16.0 Å². The van der Waals surface area contributed by atoms with Crippen molar-refractivity contribution in [2.75, 3.05) is 20.1 Å². The molecule has 0 saturated heterocycles. The third-order valence-corrected chi connectivity index (χ3v) is 4.65. The molecule has 0 aliphatic heterocycles. The Kier molecular flexibility index (Phi) is 9.26. The molecule has 7 nitrogen and oxygen atoms in total. The molecule has 1 aromatic heterocycles. The lowest BCUT2D eigenvalue weighted by molar-refractivity contribution is -0.127. The lowest BCUT2D eigenvalue weighted by atomic mass is 9.85. The van der Waals surface area contributed by atoms with Crippen LogP contribution in [0, 0.1) is 5.92 Å². The van der Waals surface area contributed by atoms with Gasteiger partial charge in [0.15, 0.2) is 5.96 Å². The first-order valence-corrected chi connectivity index (χ1v) is 9.48. The fourth-order valence-corrected chi connectivity index (χ4v) is 2.82. The van der Waals surface area contributed by atoms with E-state index in [0.717, 1.165) is 37.1 Å². The van der Waals surface area contributed by atoms with Crippen molar-refractivity contribution in [1.29, 1.82) is 0 Å². The Bertz CT molecular complexity index is 759. The van der Waals surface area contributed by atoms with Crippen LogP contribution in [0.1, 0.15) is 31.4 Å². The van der Waals surface area contributed by atoms with E-state index in [1.54, 1.807) is 13.3 Å². The molecular formula is C20H28IN5O2. The van der Waals surface area contributed by atoms with Crippen LogP contribution in [0.3, 0.4) is 0 Å². The van der Waals surface area contributed by atoms with Gasteiger partial charge >= 0.3 is 0 Å². The number of carbonyl (C=O) groups excluding carboxylic acids is 1. The highest BCUT2D eigenvalue weighted by Crippen LogP contribution is 2.26. The zero-order chi connectivity index (χ0) is 18.9. The summed E-state index contributed by atoms with van der Waals surface area (Å²) >= 11 is 0. The summed E-state index contributed by atoms with van der Waals surface area (Å²) in [6, 6.07) is 9.81. The average molecular weight is 497 g/mol. The van der Waals surface area contributed by atoms with E-state index in [0.29, 0.717) is 24.9 Å². The number of oxazole rings is 1. The van der Waals surface area contributed by atoms with Crippen LogP contribution in [0.15, 0.2) is 46.0 Å². The summed E-state index contributed by atoms with van der Waals surface area (Å²) in [5.74, 6) is 1.75. The number of carbonyl (C=O) groups is 1. The molecule has 3 N–H and O–H groups in total. The molecule has 2 aromatic rings. The molecule has 1 aliphatic carbocycles. The van der Waals surface area contributed by atoms with Gasteiger partial charge in [0.2, 0.25) is 11.8 Å². The van der Waals surface area contributed by atoms with E-state index in [1.165, 1.54) is 6.42 Å². The molecule has 1 heterocycles. The molecule has 1 amide bonds. The van der Waals surface area contributed by atoms with Crippen LogP contribution in [-0.2, 0) is 11.3 Å². The molecule has 0 atom stereocenters. The number of nitrogens with zero attached hydrogens (tertiary/aromatic N) is 2. The van der Waals surface area contributed by atoms with Crippen LogP contribution in [0.5, 0.6) is 0 Å². The number of halogens is 1. The number of aromatic nitrogens is 1. The topological polar surface area (TPSA) is 91.5 Å². The maximum atomic E-state index is 11.8. The maximum Gasteiger partial charge on any atom is 0.226 e. The van der Waals surface area contributed by atoms with Gasteiger partial charge in [0.1, 0.15) is 6.26 Å². The van der Waals surface area contributed by atoms with Crippen LogP contribution in [0.25, 0.3) is 11.5 Å². The van der Waals surface area contributed by atoms with Crippen LogP contribution in [-0.4, -0.2) is 37.0 Å². The molecule has 3 rings (SSSR count). The van der Waals surface area contributed by atoms with Crippen molar-refractivity contribution in [2.24, 2.45) is 10.9 Å². The Morgan fingerprint density at radius 1 is 1.18 bits per heavy atom. The number of guanidine groups is 1. The molecule has 0 spiro atoms. The number of rotatable bonds is 8. The Labute approximate surface area is 182 Å². The van der Waals surface area contributed by atoms with E-state index in [9.17, 15) is 4.79 Å². The lowest BCUT2D eigenvalue weighted by Crippen LogP contribution is -2.39. The zero-order valence-electron chi connectivity index (χ0n) is 16.1. The van der Waals surface area contributed by atoms with Crippen molar-refractivity contribution in [3.05, 3.63) is 42.3 Å². The number of aliphatic imine (C=N–C) groups is 1. The number of hydrogen-bond donors (Lipinski definition) is 3. The lowest BCUT2D eigenvalue weighted by Gasteiger charge is -2.24. The maximum absolute atomic E-state index is 11.8. The number of benzene rings is 1. The first-order valence-electron chi connectivity index (χ1n) is 9.48. The quantitative estimate of drug-likeness (QED) is 0.226. The van der Waals surface area contributed by atoms with Crippen LogP contribution in [0.4, 0.5) is 0 Å².